The molecular weight excluding hydrogens is 210 g/mol. The van der Waals surface area contributed by atoms with Gasteiger partial charge in [-0.05, 0) is 6.42 Å². The van der Waals surface area contributed by atoms with Crippen LogP contribution >= 0.6 is 0 Å². The molecule has 5 heteroatoms. The predicted molar refractivity (Wildman–Crippen MR) is 55.7 cm³/mol. The predicted octanol–water partition coefficient (Wildman–Crippen LogP) is 0.120. The van der Waals surface area contributed by atoms with E-state index in [4.69, 9.17) is 9.84 Å². The average molecular weight is 225 g/mol. The number of methoxy groups -OCH3 is 1. The van der Waals surface area contributed by atoms with Crippen molar-refractivity contribution < 1.29 is 19.4 Å². The molecule has 2 atom stereocenters. The maximum Gasteiger partial charge on any atom is 0.328 e. The van der Waals surface area contributed by atoms with E-state index in [1.54, 1.807) is 12.0 Å². The van der Waals surface area contributed by atoms with Crippen LogP contribution in [0.2, 0.25) is 0 Å². The number of amides is 1. The summed E-state index contributed by atoms with van der Waals surface area (Å²) in [6, 6.07) is 0. The number of nitrogens with zero attached hydrogens (tertiary/aromatic N) is 1. The molecule has 0 radical (unpaired) electrons. The number of hydrogen-bond donors (Lipinski definition) is 1. The number of hydrogen-bond acceptors (Lipinski definition) is 3. The highest BCUT2D eigenvalue weighted by molar-refractivity contribution is 5.94. The molecule has 1 aliphatic carbocycles. The Morgan fingerprint density at radius 2 is 1.94 bits per heavy atom. The van der Waals surface area contributed by atoms with Crippen molar-refractivity contribution in [2.75, 3.05) is 20.2 Å². The SMILES string of the molecule is COC1[C@H]2C[C@H]1CN(C(=O)/C=C/C(=O)O)C2. The molecule has 0 aromatic carbocycles. The van der Waals surface area contributed by atoms with Gasteiger partial charge >= 0.3 is 5.97 Å². The summed E-state index contributed by atoms with van der Waals surface area (Å²) in [5.41, 5.74) is 0. The molecule has 0 spiro atoms. The summed E-state index contributed by atoms with van der Waals surface area (Å²) >= 11 is 0. The maximum atomic E-state index is 11.6. The molecule has 16 heavy (non-hydrogen) atoms. The first kappa shape index (κ1) is 11.1. The van der Waals surface area contributed by atoms with Gasteiger partial charge in [0.1, 0.15) is 0 Å². The molecule has 3 fully saturated rings. The average Bonchev–Trinajstić information content (AvgIpc) is 2.26. The van der Waals surface area contributed by atoms with Crippen LogP contribution < -0.4 is 0 Å². The number of carboxylic acids is 1. The first-order valence-corrected chi connectivity index (χ1v) is 5.34. The van der Waals surface area contributed by atoms with E-state index < -0.39 is 5.97 Å². The van der Waals surface area contributed by atoms with E-state index in [1.165, 1.54) is 0 Å². The van der Waals surface area contributed by atoms with Gasteiger partial charge in [0.2, 0.25) is 5.91 Å². The van der Waals surface area contributed by atoms with E-state index in [0.29, 0.717) is 24.9 Å². The highest BCUT2D eigenvalue weighted by Crippen LogP contribution is 2.41. The molecule has 3 rings (SSSR count). The molecular formula is C11H15NO4. The summed E-state index contributed by atoms with van der Waals surface area (Å²) in [6.07, 6.45) is 3.41. The summed E-state index contributed by atoms with van der Waals surface area (Å²) in [7, 11) is 1.70. The fourth-order valence-corrected chi connectivity index (χ4v) is 2.66. The van der Waals surface area contributed by atoms with Gasteiger partial charge in [0.15, 0.2) is 0 Å². The first-order valence-electron chi connectivity index (χ1n) is 5.34. The molecule has 2 heterocycles. The Bertz CT molecular complexity index is 327. The molecule has 1 N–H and O–H groups in total. The second-order valence-corrected chi connectivity index (χ2v) is 4.37. The van der Waals surface area contributed by atoms with E-state index in [1.807, 2.05) is 0 Å². The molecule has 0 unspecified atom stereocenters. The molecule has 2 aliphatic heterocycles. The lowest BCUT2D eigenvalue weighted by molar-refractivity contribution is -0.151. The van der Waals surface area contributed by atoms with Crippen LogP contribution in [0.1, 0.15) is 6.42 Å². The first-order chi connectivity index (χ1) is 7.61. The van der Waals surface area contributed by atoms with Gasteiger partial charge in [-0.2, -0.15) is 0 Å². The Kier molecular flexibility index (Phi) is 2.96. The van der Waals surface area contributed by atoms with E-state index in [0.717, 1.165) is 18.6 Å². The summed E-state index contributed by atoms with van der Waals surface area (Å²) in [6.45, 7) is 1.36. The third kappa shape index (κ3) is 1.95. The van der Waals surface area contributed by atoms with Crippen molar-refractivity contribution in [2.45, 2.75) is 12.5 Å². The lowest BCUT2D eigenvalue weighted by Gasteiger charge is -2.52. The van der Waals surface area contributed by atoms with Crippen LogP contribution in [0.25, 0.3) is 0 Å². The van der Waals surface area contributed by atoms with Crippen molar-refractivity contribution in [2.24, 2.45) is 11.8 Å². The highest BCUT2D eigenvalue weighted by Gasteiger charge is 2.47. The van der Waals surface area contributed by atoms with Crippen molar-refractivity contribution in [3.63, 3.8) is 0 Å². The van der Waals surface area contributed by atoms with Gasteiger partial charge in [-0.1, -0.05) is 0 Å². The summed E-state index contributed by atoms with van der Waals surface area (Å²) in [5.74, 6) is -0.464. The third-order valence-electron chi connectivity index (χ3n) is 3.40. The second kappa shape index (κ2) is 4.25. The quantitative estimate of drug-likeness (QED) is 0.693. The fraction of sp³-hybridized carbons (Fsp3) is 0.636. The van der Waals surface area contributed by atoms with Gasteiger partial charge in [0.05, 0.1) is 6.10 Å². The van der Waals surface area contributed by atoms with Crippen LogP contribution in [-0.2, 0) is 14.3 Å². The van der Waals surface area contributed by atoms with Crippen LogP contribution in [0, 0.1) is 11.8 Å². The summed E-state index contributed by atoms with van der Waals surface area (Å²) in [4.78, 5) is 23.6. The van der Waals surface area contributed by atoms with Crippen molar-refractivity contribution in [3.05, 3.63) is 12.2 Å². The lowest BCUT2D eigenvalue weighted by Crippen LogP contribution is -2.60. The van der Waals surface area contributed by atoms with Crippen molar-refractivity contribution in [1.29, 1.82) is 0 Å². The molecule has 0 aromatic heterocycles. The molecule has 2 saturated heterocycles. The van der Waals surface area contributed by atoms with E-state index in [9.17, 15) is 9.59 Å². The van der Waals surface area contributed by atoms with Crippen LogP contribution in [0.4, 0.5) is 0 Å². The molecule has 1 amide bonds. The topological polar surface area (TPSA) is 66.8 Å². The third-order valence-corrected chi connectivity index (χ3v) is 3.40. The number of carbonyl (C=O) groups is 2. The van der Waals surface area contributed by atoms with E-state index in [-0.39, 0.29) is 12.0 Å². The number of ether oxygens (including phenoxy) is 1. The minimum absolute atomic E-state index is 0.216. The number of fused-ring (bicyclic) bond motifs is 2. The zero-order valence-electron chi connectivity index (χ0n) is 9.13. The Hall–Kier alpha value is -1.36. The number of rotatable bonds is 3. The van der Waals surface area contributed by atoms with E-state index in [2.05, 4.69) is 0 Å². The van der Waals surface area contributed by atoms with Crippen molar-refractivity contribution in [3.8, 4) is 0 Å². The summed E-state index contributed by atoms with van der Waals surface area (Å²) in [5, 5.41) is 8.42. The second-order valence-electron chi connectivity index (χ2n) is 4.37. The number of piperidine rings is 2. The van der Waals surface area contributed by atoms with Crippen molar-refractivity contribution in [1.82, 2.24) is 4.90 Å². The normalized spacial score (nSPS) is 32.6. The smallest absolute Gasteiger partial charge is 0.328 e. The Morgan fingerprint density at radius 3 is 2.44 bits per heavy atom. The van der Waals surface area contributed by atoms with E-state index >= 15 is 0 Å². The number of carboxylic acid groups (broad SMARTS) is 1. The maximum absolute atomic E-state index is 11.6. The van der Waals surface area contributed by atoms with Crippen LogP contribution in [0.15, 0.2) is 12.2 Å². The standard InChI is InChI=1S/C11H15NO4/c1-16-11-7-4-8(11)6-12(5-7)9(13)2-3-10(14)15/h2-3,7-8,11H,4-6H2,1H3,(H,14,15)/b3-2+/t7-,8-/m0/s1. The van der Waals surface area contributed by atoms with Crippen molar-refractivity contribution >= 4 is 11.9 Å². The van der Waals surface area contributed by atoms with Crippen LogP contribution in [0.3, 0.4) is 0 Å². The zero-order chi connectivity index (χ0) is 11.7. The molecule has 0 aromatic rings. The minimum atomic E-state index is -1.09. The van der Waals surface area contributed by atoms with Gasteiger partial charge in [-0.3, -0.25) is 4.79 Å². The zero-order valence-corrected chi connectivity index (χ0v) is 9.13. The monoisotopic (exact) mass is 225 g/mol. The molecule has 2 bridgehead atoms. The number of aliphatic carboxylic acids is 1. The van der Waals surface area contributed by atoms with Gasteiger partial charge in [0, 0.05) is 44.2 Å². The molecule has 5 nitrogen and oxygen atoms in total. The molecule has 1 saturated carbocycles. The lowest BCUT2D eigenvalue weighted by atomic mass is 9.68. The van der Waals surface area contributed by atoms with Gasteiger partial charge in [0.25, 0.3) is 0 Å². The largest absolute Gasteiger partial charge is 0.478 e. The Labute approximate surface area is 93.7 Å². The minimum Gasteiger partial charge on any atom is -0.478 e. The van der Waals surface area contributed by atoms with Crippen LogP contribution in [0.5, 0.6) is 0 Å². The highest BCUT2D eigenvalue weighted by atomic mass is 16.5. The summed E-state index contributed by atoms with van der Waals surface area (Å²) < 4.78 is 5.33. The van der Waals surface area contributed by atoms with Crippen LogP contribution in [-0.4, -0.2) is 48.2 Å². The van der Waals surface area contributed by atoms with Gasteiger partial charge in [-0.15, -0.1) is 0 Å². The molecule has 3 aliphatic rings. The molecule has 88 valence electrons. The Morgan fingerprint density at radius 1 is 1.31 bits per heavy atom. The van der Waals surface area contributed by atoms with Gasteiger partial charge in [-0.25, -0.2) is 4.79 Å². The fourth-order valence-electron chi connectivity index (χ4n) is 2.66. The Balaban J connectivity index is 1.90. The number of carbonyl (C=O) groups excluding carboxylic acids is 1. The van der Waals surface area contributed by atoms with Gasteiger partial charge < -0.3 is 14.7 Å².